The minimum atomic E-state index is -2.43. The fraction of sp³-hybridized carbons (Fsp3) is 0.880. The third-order valence-electron chi connectivity index (χ3n) is 5.37. The van der Waals surface area contributed by atoms with Gasteiger partial charge in [0.05, 0.1) is 6.61 Å². The van der Waals surface area contributed by atoms with Crippen LogP contribution in [0.5, 0.6) is 0 Å². The molecule has 0 aliphatic carbocycles. The summed E-state index contributed by atoms with van der Waals surface area (Å²) in [5.41, 5.74) is 0.402. The van der Waals surface area contributed by atoms with Crippen LogP contribution in [0.3, 0.4) is 0 Å². The van der Waals surface area contributed by atoms with Gasteiger partial charge in [-0.2, -0.15) is 0 Å². The molecule has 0 amide bonds. The molecule has 0 rings (SSSR count). The van der Waals surface area contributed by atoms with Crippen molar-refractivity contribution in [3.8, 4) is 0 Å². The minimum absolute atomic E-state index is 0.244. The van der Waals surface area contributed by atoms with E-state index in [0.717, 1.165) is 12.5 Å². The average molecular weight is 565 g/mol. The van der Waals surface area contributed by atoms with Gasteiger partial charge in [0.15, 0.2) is 16.6 Å². The van der Waals surface area contributed by atoms with Gasteiger partial charge >= 0.3 is 23.1 Å². The maximum absolute atomic E-state index is 11.4. The first kappa shape index (κ1) is 34.9. The van der Waals surface area contributed by atoms with Gasteiger partial charge in [0, 0.05) is 12.2 Å². The Balaban J connectivity index is 4.74. The van der Waals surface area contributed by atoms with Crippen LogP contribution in [-0.4, -0.2) is 59.5 Å². The first-order valence-electron chi connectivity index (χ1n) is 13.5. The molecule has 6 nitrogen and oxygen atoms in total. The van der Waals surface area contributed by atoms with Gasteiger partial charge in [-0.1, -0.05) is 52.0 Å². The highest BCUT2D eigenvalue weighted by molar-refractivity contribution is 6.89. The van der Waals surface area contributed by atoms with Crippen molar-refractivity contribution in [1.82, 2.24) is 0 Å². The smallest absolute Gasteiger partial charge is 0.333 e. The van der Waals surface area contributed by atoms with Gasteiger partial charge in [-0.05, 0) is 77.8 Å². The molecule has 0 N–H and O–H groups in total. The highest BCUT2D eigenvalue weighted by Crippen LogP contribution is 2.29. The number of esters is 1. The molecule has 0 aromatic carbocycles. The molecular weight excluding hydrogens is 509 g/mol. The lowest BCUT2D eigenvalue weighted by Crippen LogP contribution is -2.57. The molecule has 0 saturated carbocycles. The molecule has 0 bridgehead atoms. The van der Waals surface area contributed by atoms with Crippen molar-refractivity contribution in [2.75, 3.05) is 19.8 Å². The Labute approximate surface area is 221 Å². The molecular formula is C25H56O6Si4. The second kappa shape index (κ2) is 16.7. The van der Waals surface area contributed by atoms with Crippen molar-refractivity contribution in [1.29, 1.82) is 0 Å². The summed E-state index contributed by atoms with van der Waals surface area (Å²) < 4.78 is 31.1. The summed E-state index contributed by atoms with van der Waals surface area (Å²) >= 11 is 0. The van der Waals surface area contributed by atoms with E-state index in [1.54, 1.807) is 6.92 Å². The maximum atomic E-state index is 11.4. The Hall–Kier alpha value is -0.0825. The fourth-order valence-electron chi connectivity index (χ4n) is 4.27. The van der Waals surface area contributed by atoms with Crippen LogP contribution in [0.2, 0.25) is 64.5 Å². The third-order valence-corrected chi connectivity index (χ3v) is 20.2. The van der Waals surface area contributed by atoms with Crippen molar-refractivity contribution in [3.05, 3.63) is 12.2 Å². The Morgan fingerprint density at radius 1 is 0.714 bits per heavy atom. The summed E-state index contributed by atoms with van der Waals surface area (Å²) in [4.78, 5) is 11.4. The highest BCUT2D eigenvalue weighted by Gasteiger charge is 2.44. The van der Waals surface area contributed by atoms with Crippen molar-refractivity contribution >= 4 is 39.7 Å². The second-order valence-corrected chi connectivity index (χ2v) is 28.1. The van der Waals surface area contributed by atoms with Crippen LogP contribution < -0.4 is 0 Å². The first-order valence-corrected chi connectivity index (χ1v) is 25.4. The summed E-state index contributed by atoms with van der Waals surface area (Å²) in [6.45, 7) is 26.6. The molecule has 1 unspecified atom stereocenters. The van der Waals surface area contributed by atoms with Gasteiger partial charge in [-0.15, -0.1) is 0 Å². The molecule has 0 aliphatic rings. The van der Waals surface area contributed by atoms with Gasteiger partial charge in [0.1, 0.15) is 6.61 Å². The van der Waals surface area contributed by atoms with Gasteiger partial charge in [-0.3, -0.25) is 0 Å². The number of hydrogen-bond acceptors (Lipinski definition) is 6. The highest BCUT2D eigenvalue weighted by atomic mass is 28.5. The molecule has 0 heterocycles. The molecule has 0 saturated heterocycles. The molecule has 0 aliphatic heterocycles. The van der Waals surface area contributed by atoms with Gasteiger partial charge in [0.25, 0.3) is 0 Å². The van der Waals surface area contributed by atoms with E-state index in [1.807, 2.05) is 0 Å². The van der Waals surface area contributed by atoms with Crippen LogP contribution in [0.25, 0.3) is 0 Å². The summed E-state index contributed by atoms with van der Waals surface area (Å²) in [6, 6.07) is 2.05. The summed E-state index contributed by atoms with van der Waals surface area (Å²) in [7, 11) is -8.35. The predicted octanol–water partition coefficient (Wildman–Crippen LogP) is 7.74. The lowest BCUT2D eigenvalue weighted by atomic mass is 10.1. The molecule has 0 fully saturated rings. The number of rotatable bonds is 21. The van der Waals surface area contributed by atoms with E-state index in [4.69, 9.17) is 21.8 Å². The molecule has 10 heteroatoms. The van der Waals surface area contributed by atoms with E-state index in [-0.39, 0.29) is 12.6 Å². The molecule has 0 aromatic rings. The normalized spacial score (nSPS) is 14.6. The molecule has 208 valence electrons. The van der Waals surface area contributed by atoms with E-state index in [0.29, 0.717) is 18.8 Å². The Morgan fingerprint density at radius 3 is 1.89 bits per heavy atom. The Morgan fingerprint density at radius 2 is 1.31 bits per heavy atom. The third kappa shape index (κ3) is 19.7. The zero-order valence-electron chi connectivity index (χ0n) is 24.6. The topological polar surface area (TPSA) is 63.2 Å². The summed E-state index contributed by atoms with van der Waals surface area (Å²) in [5.74, 6) is -0.374. The molecule has 35 heavy (non-hydrogen) atoms. The first-order chi connectivity index (χ1) is 16.0. The standard InChI is InChI=1S/C25H56O6Si4/c1-12-13-14-15-16-17-22-33(7,8)30-34(9,10)31-35(11,29-32(4,5)6)23-18-19-27-20-21-28-25(26)24(2)3/h2,12-23H2,1,3-11H3. The van der Waals surface area contributed by atoms with Gasteiger partial charge in [-0.25, -0.2) is 4.79 Å². The number of ether oxygens (including phenoxy) is 2. The number of carbonyl (C=O) groups excluding carboxylic acids is 1. The lowest BCUT2D eigenvalue weighted by Gasteiger charge is -2.42. The number of carbonyl (C=O) groups is 1. The van der Waals surface area contributed by atoms with Crippen LogP contribution >= 0.6 is 0 Å². The molecule has 1 atom stereocenters. The van der Waals surface area contributed by atoms with E-state index in [1.165, 1.54) is 44.6 Å². The minimum Gasteiger partial charge on any atom is -0.460 e. The fourth-order valence-corrected chi connectivity index (χ4v) is 23.1. The van der Waals surface area contributed by atoms with Crippen molar-refractivity contribution < 1.29 is 26.6 Å². The van der Waals surface area contributed by atoms with Crippen LogP contribution in [0, 0.1) is 0 Å². The maximum Gasteiger partial charge on any atom is 0.333 e. The van der Waals surface area contributed by atoms with Crippen LogP contribution in [0.15, 0.2) is 12.2 Å². The second-order valence-electron chi connectivity index (χ2n) is 11.9. The monoisotopic (exact) mass is 564 g/mol. The van der Waals surface area contributed by atoms with Crippen molar-refractivity contribution in [2.24, 2.45) is 0 Å². The van der Waals surface area contributed by atoms with Crippen LogP contribution in [0.1, 0.15) is 58.8 Å². The summed E-state index contributed by atoms with van der Waals surface area (Å²) in [6.07, 6.45) is 8.74. The molecule has 0 spiro atoms. The SMILES string of the molecule is C=C(C)C(=O)OCCOCCC[Si](C)(O[Si](C)(C)C)O[Si](C)(C)O[Si](C)(C)CCCCCCCC. The van der Waals surface area contributed by atoms with Crippen molar-refractivity contribution in [2.45, 2.75) is 123 Å². The van der Waals surface area contributed by atoms with Crippen LogP contribution in [-0.2, 0) is 26.6 Å². The van der Waals surface area contributed by atoms with E-state index >= 15 is 0 Å². The Kier molecular flexibility index (Phi) is 16.7. The quantitative estimate of drug-likeness (QED) is 0.0615. The average Bonchev–Trinajstić information content (AvgIpc) is 2.66. The number of unbranched alkanes of at least 4 members (excludes halogenated alkanes) is 5. The molecule has 0 radical (unpaired) electrons. The van der Waals surface area contributed by atoms with Gasteiger partial charge < -0.3 is 21.8 Å². The van der Waals surface area contributed by atoms with E-state index in [9.17, 15) is 4.79 Å². The van der Waals surface area contributed by atoms with Gasteiger partial charge in [0.2, 0.25) is 0 Å². The van der Waals surface area contributed by atoms with Crippen LogP contribution in [0.4, 0.5) is 0 Å². The molecule has 0 aromatic heterocycles. The lowest BCUT2D eigenvalue weighted by molar-refractivity contribution is -0.140. The van der Waals surface area contributed by atoms with E-state index in [2.05, 4.69) is 65.9 Å². The van der Waals surface area contributed by atoms with E-state index < -0.39 is 33.8 Å². The Bertz CT molecular complexity index is 622. The van der Waals surface area contributed by atoms with Crippen molar-refractivity contribution in [3.63, 3.8) is 0 Å². The zero-order chi connectivity index (χ0) is 27.2. The number of hydrogen-bond donors (Lipinski definition) is 0. The zero-order valence-corrected chi connectivity index (χ0v) is 28.6. The largest absolute Gasteiger partial charge is 0.460 e. The summed E-state index contributed by atoms with van der Waals surface area (Å²) in [5, 5.41) is 0. The predicted molar refractivity (Wildman–Crippen MR) is 157 cm³/mol.